The number of benzene rings is 1. The molecule has 0 amide bonds. The van der Waals surface area contributed by atoms with E-state index in [-0.39, 0.29) is 12.6 Å². The summed E-state index contributed by atoms with van der Waals surface area (Å²) in [7, 11) is 1.83. The molecule has 0 radical (unpaired) electrons. The van der Waals surface area contributed by atoms with Gasteiger partial charge in [-0.3, -0.25) is 0 Å². The number of aliphatic hydroxyl groups excluding tert-OH is 1. The molecule has 0 heterocycles. The zero-order valence-corrected chi connectivity index (χ0v) is 10.5. The van der Waals surface area contributed by atoms with Crippen LogP contribution in [0.1, 0.15) is 13.3 Å². The highest BCUT2D eigenvalue weighted by molar-refractivity contribution is 5.31. The number of rotatable bonds is 8. The third kappa shape index (κ3) is 5.06. The SMILES string of the molecule is CCOc1ccc(OCCC(CO)NC)cc1. The second-order valence-corrected chi connectivity index (χ2v) is 3.71. The quantitative estimate of drug-likeness (QED) is 0.720. The molecule has 1 rings (SSSR count). The molecule has 0 aliphatic carbocycles. The van der Waals surface area contributed by atoms with Crippen LogP contribution in [0.3, 0.4) is 0 Å². The van der Waals surface area contributed by atoms with Crippen LogP contribution >= 0.6 is 0 Å². The normalized spacial score (nSPS) is 12.2. The molecular weight excluding hydrogens is 218 g/mol. The third-order valence-corrected chi connectivity index (χ3v) is 2.50. The van der Waals surface area contributed by atoms with E-state index in [0.29, 0.717) is 13.2 Å². The van der Waals surface area contributed by atoms with Gasteiger partial charge in [0.25, 0.3) is 0 Å². The largest absolute Gasteiger partial charge is 0.494 e. The Morgan fingerprint density at radius 3 is 2.24 bits per heavy atom. The van der Waals surface area contributed by atoms with Gasteiger partial charge in [0.15, 0.2) is 0 Å². The lowest BCUT2D eigenvalue weighted by atomic mass is 10.2. The van der Waals surface area contributed by atoms with Crippen molar-refractivity contribution in [3.63, 3.8) is 0 Å². The zero-order chi connectivity index (χ0) is 12.5. The van der Waals surface area contributed by atoms with Crippen LogP contribution in [0.2, 0.25) is 0 Å². The van der Waals surface area contributed by atoms with E-state index < -0.39 is 0 Å². The van der Waals surface area contributed by atoms with Crippen molar-refractivity contribution in [2.45, 2.75) is 19.4 Å². The van der Waals surface area contributed by atoms with Gasteiger partial charge in [-0.2, -0.15) is 0 Å². The van der Waals surface area contributed by atoms with Crippen molar-refractivity contribution in [3.8, 4) is 11.5 Å². The highest BCUT2D eigenvalue weighted by atomic mass is 16.5. The Balaban J connectivity index is 2.31. The van der Waals surface area contributed by atoms with Crippen molar-refractivity contribution in [2.24, 2.45) is 0 Å². The average Bonchev–Trinajstić information content (AvgIpc) is 2.37. The number of hydrogen-bond donors (Lipinski definition) is 2. The van der Waals surface area contributed by atoms with Gasteiger partial charge in [-0.1, -0.05) is 0 Å². The molecule has 96 valence electrons. The highest BCUT2D eigenvalue weighted by Crippen LogP contribution is 2.17. The minimum absolute atomic E-state index is 0.0951. The van der Waals surface area contributed by atoms with Crippen molar-refractivity contribution in [1.82, 2.24) is 5.32 Å². The van der Waals surface area contributed by atoms with E-state index in [4.69, 9.17) is 14.6 Å². The van der Waals surface area contributed by atoms with Crippen LogP contribution in [0, 0.1) is 0 Å². The van der Waals surface area contributed by atoms with E-state index in [1.165, 1.54) is 0 Å². The van der Waals surface area contributed by atoms with Gasteiger partial charge in [0, 0.05) is 6.04 Å². The van der Waals surface area contributed by atoms with E-state index in [1.807, 2.05) is 38.2 Å². The molecule has 0 saturated carbocycles. The highest BCUT2D eigenvalue weighted by Gasteiger charge is 2.03. The number of nitrogens with one attached hydrogen (secondary N) is 1. The molecular formula is C13H21NO3. The van der Waals surface area contributed by atoms with Crippen LogP contribution in [0.15, 0.2) is 24.3 Å². The van der Waals surface area contributed by atoms with Crippen molar-refractivity contribution < 1.29 is 14.6 Å². The third-order valence-electron chi connectivity index (χ3n) is 2.50. The molecule has 1 atom stereocenters. The number of aliphatic hydroxyl groups is 1. The van der Waals surface area contributed by atoms with Gasteiger partial charge in [0.05, 0.1) is 19.8 Å². The van der Waals surface area contributed by atoms with Gasteiger partial charge >= 0.3 is 0 Å². The Morgan fingerprint density at radius 2 is 1.76 bits per heavy atom. The number of ether oxygens (including phenoxy) is 2. The van der Waals surface area contributed by atoms with Crippen molar-refractivity contribution in [2.75, 3.05) is 26.9 Å². The van der Waals surface area contributed by atoms with Crippen molar-refractivity contribution >= 4 is 0 Å². The summed E-state index contributed by atoms with van der Waals surface area (Å²) in [5.41, 5.74) is 0. The summed E-state index contributed by atoms with van der Waals surface area (Å²) in [4.78, 5) is 0. The second-order valence-electron chi connectivity index (χ2n) is 3.71. The lowest BCUT2D eigenvalue weighted by molar-refractivity contribution is 0.214. The predicted molar refractivity (Wildman–Crippen MR) is 67.7 cm³/mol. The van der Waals surface area contributed by atoms with Crippen LogP contribution in [0.4, 0.5) is 0 Å². The standard InChI is InChI=1S/C13H21NO3/c1-3-16-12-4-6-13(7-5-12)17-9-8-11(10-15)14-2/h4-7,11,14-15H,3,8-10H2,1-2H3. The molecule has 0 saturated heterocycles. The molecule has 17 heavy (non-hydrogen) atoms. The molecule has 0 aliphatic rings. The van der Waals surface area contributed by atoms with Gasteiger partial charge in [-0.05, 0) is 44.7 Å². The molecule has 2 N–H and O–H groups in total. The predicted octanol–water partition coefficient (Wildman–Crippen LogP) is 1.43. The molecule has 4 heteroatoms. The smallest absolute Gasteiger partial charge is 0.119 e. The molecule has 1 aromatic carbocycles. The fourth-order valence-corrected chi connectivity index (χ4v) is 1.44. The Morgan fingerprint density at radius 1 is 1.18 bits per heavy atom. The first-order valence-corrected chi connectivity index (χ1v) is 5.94. The van der Waals surface area contributed by atoms with Crippen LogP contribution in [-0.4, -0.2) is 38.0 Å². The fraction of sp³-hybridized carbons (Fsp3) is 0.538. The van der Waals surface area contributed by atoms with Gasteiger partial charge in [-0.15, -0.1) is 0 Å². The monoisotopic (exact) mass is 239 g/mol. The average molecular weight is 239 g/mol. The van der Waals surface area contributed by atoms with E-state index in [1.54, 1.807) is 0 Å². The summed E-state index contributed by atoms with van der Waals surface area (Å²) in [5.74, 6) is 1.67. The Bertz CT molecular complexity index is 296. The maximum absolute atomic E-state index is 8.98. The van der Waals surface area contributed by atoms with Crippen LogP contribution in [0.5, 0.6) is 11.5 Å². The summed E-state index contributed by atoms with van der Waals surface area (Å²) in [6, 6.07) is 7.65. The summed E-state index contributed by atoms with van der Waals surface area (Å²) < 4.78 is 10.9. The minimum Gasteiger partial charge on any atom is -0.494 e. The van der Waals surface area contributed by atoms with Crippen LogP contribution < -0.4 is 14.8 Å². The van der Waals surface area contributed by atoms with Gasteiger partial charge in [-0.25, -0.2) is 0 Å². The van der Waals surface area contributed by atoms with E-state index in [2.05, 4.69) is 5.32 Å². The topological polar surface area (TPSA) is 50.7 Å². The molecule has 0 fully saturated rings. The summed E-state index contributed by atoms with van der Waals surface area (Å²) >= 11 is 0. The Kier molecular flexibility index (Phi) is 6.43. The molecule has 0 bridgehead atoms. The van der Waals surface area contributed by atoms with E-state index >= 15 is 0 Å². The molecule has 1 aromatic rings. The molecule has 0 spiro atoms. The summed E-state index contributed by atoms with van der Waals surface area (Å²) in [6.07, 6.45) is 0.778. The van der Waals surface area contributed by atoms with Gasteiger partial charge in [0.2, 0.25) is 0 Å². The molecule has 4 nitrogen and oxygen atoms in total. The maximum atomic E-state index is 8.98. The maximum Gasteiger partial charge on any atom is 0.119 e. The van der Waals surface area contributed by atoms with Gasteiger partial charge in [0.1, 0.15) is 11.5 Å². The zero-order valence-electron chi connectivity index (χ0n) is 10.5. The fourth-order valence-electron chi connectivity index (χ4n) is 1.44. The van der Waals surface area contributed by atoms with E-state index in [9.17, 15) is 0 Å². The second kappa shape index (κ2) is 7.92. The van der Waals surface area contributed by atoms with Crippen molar-refractivity contribution in [1.29, 1.82) is 0 Å². The lowest BCUT2D eigenvalue weighted by Gasteiger charge is -2.13. The van der Waals surface area contributed by atoms with Gasteiger partial charge < -0.3 is 19.9 Å². The molecule has 0 aliphatic heterocycles. The molecule has 1 unspecified atom stereocenters. The summed E-state index contributed by atoms with van der Waals surface area (Å²) in [6.45, 7) is 3.33. The summed E-state index contributed by atoms with van der Waals surface area (Å²) in [5, 5.41) is 12.0. The van der Waals surface area contributed by atoms with E-state index in [0.717, 1.165) is 17.9 Å². The number of hydrogen-bond acceptors (Lipinski definition) is 4. The lowest BCUT2D eigenvalue weighted by Crippen LogP contribution is -2.30. The number of likely N-dealkylation sites (N-methyl/N-ethyl adjacent to an activating group) is 1. The first-order valence-electron chi connectivity index (χ1n) is 5.94. The Labute approximate surface area is 103 Å². The first kappa shape index (κ1) is 13.8. The Hall–Kier alpha value is -1.26. The minimum atomic E-state index is 0.0951. The van der Waals surface area contributed by atoms with Crippen molar-refractivity contribution in [3.05, 3.63) is 24.3 Å². The first-order chi connectivity index (χ1) is 8.30. The van der Waals surface area contributed by atoms with Crippen LogP contribution in [-0.2, 0) is 0 Å². The molecule has 0 aromatic heterocycles. The van der Waals surface area contributed by atoms with Crippen LogP contribution in [0.25, 0.3) is 0 Å².